The van der Waals surface area contributed by atoms with Crippen molar-refractivity contribution in [1.29, 1.82) is 0 Å². The molecule has 0 radical (unpaired) electrons. The van der Waals surface area contributed by atoms with Gasteiger partial charge in [0, 0.05) is 45.0 Å². The summed E-state index contributed by atoms with van der Waals surface area (Å²) in [5.41, 5.74) is 3.42. The highest BCUT2D eigenvalue weighted by atomic mass is 127. The van der Waals surface area contributed by atoms with Crippen molar-refractivity contribution in [2.75, 3.05) is 38.3 Å². The Bertz CT molecular complexity index is 860. The van der Waals surface area contributed by atoms with Gasteiger partial charge in [-0.1, -0.05) is 25.1 Å². The second-order valence-corrected chi connectivity index (χ2v) is 7.89. The molecular weight excluding hydrogens is 517 g/mol. The number of guanidine groups is 1. The zero-order valence-electron chi connectivity index (χ0n) is 19.6. The van der Waals surface area contributed by atoms with Crippen LogP contribution < -0.4 is 20.3 Å². The third-order valence-electron chi connectivity index (χ3n) is 5.19. The first-order valence-electron chi connectivity index (χ1n) is 11.1. The van der Waals surface area contributed by atoms with Gasteiger partial charge < -0.3 is 25.0 Å². The Hall–Kier alpha value is -2.07. The predicted molar refractivity (Wildman–Crippen MR) is 141 cm³/mol. The molecule has 0 amide bonds. The minimum Gasteiger partial charge on any atom is -0.493 e. The molecule has 8 heteroatoms. The van der Waals surface area contributed by atoms with Gasteiger partial charge in [-0.15, -0.1) is 24.0 Å². The molecule has 1 aromatic carbocycles. The van der Waals surface area contributed by atoms with Crippen LogP contribution in [-0.2, 0) is 17.8 Å². The van der Waals surface area contributed by atoms with Crippen LogP contribution in [0.15, 0.2) is 41.5 Å². The molecule has 0 saturated carbocycles. The summed E-state index contributed by atoms with van der Waals surface area (Å²) in [5, 5.41) is 6.74. The fourth-order valence-corrected chi connectivity index (χ4v) is 3.47. The third kappa shape index (κ3) is 7.81. The van der Waals surface area contributed by atoms with Gasteiger partial charge in [0.25, 0.3) is 0 Å². The zero-order chi connectivity index (χ0) is 22.1. The van der Waals surface area contributed by atoms with Crippen LogP contribution in [0.5, 0.6) is 5.75 Å². The van der Waals surface area contributed by atoms with Gasteiger partial charge in [-0.05, 0) is 43.5 Å². The van der Waals surface area contributed by atoms with Crippen LogP contribution in [0.25, 0.3) is 0 Å². The molecule has 1 saturated heterocycles. The number of halogens is 1. The molecule has 1 atom stereocenters. The van der Waals surface area contributed by atoms with Crippen molar-refractivity contribution < 1.29 is 9.47 Å². The van der Waals surface area contributed by atoms with Crippen molar-refractivity contribution in [3.05, 3.63) is 53.2 Å². The van der Waals surface area contributed by atoms with Crippen molar-refractivity contribution >= 4 is 35.8 Å². The number of morpholine rings is 1. The van der Waals surface area contributed by atoms with Crippen LogP contribution in [0.4, 0.5) is 5.82 Å². The summed E-state index contributed by atoms with van der Waals surface area (Å²) in [5.74, 6) is 2.68. The van der Waals surface area contributed by atoms with E-state index < -0.39 is 0 Å². The summed E-state index contributed by atoms with van der Waals surface area (Å²) in [7, 11) is 1.78. The monoisotopic (exact) mass is 553 g/mol. The van der Waals surface area contributed by atoms with Crippen LogP contribution >= 0.6 is 24.0 Å². The first-order valence-corrected chi connectivity index (χ1v) is 11.1. The van der Waals surface area contributed by atoms with E-state index in [-0.39, 0.29) is 30.1 Å². The van der Waals surface area contributed by atoms with Crippen LogP contribution in [0.3, 0.4) is 0 Å². The van der Waals surface area contributed by atoms with Gasteiger partial charge in [0.2, 0.25) is 0 Å². The Balaban J connectivity index is 0.00000363. The van der Waals surface area contributed by atoms with E-state index in [0.29, 0.717) is 13.1 Å². The lowest BCUT2D eigenvalue weighted by Crippen LogP contribution is -2.41. The molecular formula is C24H36IN5O2. The molecule has 0 aliphatic carbocycles. The lowest BCUT2D eigenvalue weighted by molar-refractivity contribution is 0.0529. The van der Waals surface area contributed by atoms with E-state index in [1.807, 2.05) is 6.20 Å². The minimum atomic E-state index is 0. The molecule has 1 fully saturated rings. The quantitative estimate of drug-likeness (QED) is 0.294. The number of benzene rings is 1. The molecule has 1 aliphatic heterocycles. The highest BCUT2D eigenvalue weighted by Crippen LogP contribution is 2.20. The van der Waals surface area contributed by atoms with Crippen molar-refractivity contribution in [3.63, 3.8) is 0 Å². The lowest BCUT2D eigenvalue weighted by Gasteiger charge is -2.32. The maximum Gasteiger partial charge on any atom is 0.191 e. The Morgan fingerprint density at radius 1 is 1.25 bits per heavy atom. The van der Waals surface area contributed by atoms with E-state index in [2.05, 4.69) is 76.6 Å². The Labute approximate surface area is 209 Å². The van der Waals surface area contributed by atoms with Crippen LogP contribution in [0.1, 0.15) is 37.0 Å². The number of hydrogen-bond acceptors (Lipinski definition) is 5. The van der Waals surface area contributed by atoms with Crippen molar-refractivity contribution in [1.82, 2.24) is 15.6 Å². The number of pyridine rings is 1. The highest BCUT2D eigenvalue weighted by molar-refractivity contribution is 14.0. The summed E-state index contributed by atoms with van der Waals surface area (Å²) in [6, 6.07) is 10.5. The SMILES string of the molecule is CCCOc1cc(C)ccc1CNC(=NC)NCc1ccc(N2CCOC(C)C2)nc1.I. The molecule has 1 unspecified atom stereocenters. The standard InChI is InChI=1S/C24H35N5O2.HI/c1-5-11-31-22-13-18(2)6-8-21(22)16-28-24(25-4)27-15-20-7-9-23(26-14-20)29-10-12-30-19(3)17-29;/h6-9,13-14,19H,5,10-12,15-17H2,1-4H3,(H2,25,27,28);1H. The summed E-state index contributed by atoms with van der Waals surface area (Å²) in [4.78, 5) is 11.2. The molecule has 2 N–H and O–H groups in total. The van der Waals surface area contributed by atoms with Gasteiger partial charge in [0.15, 0.2) is 5.96 Å². The van der Waals surface area contributed by atoms with E-state index in [9.17, 15) is 0 Å². The lowest BCUT2D eigenvalue weighted by atomic mass is 10.1. The number of aromatic nitrogens is 1. The van der Waals surface area contributed by atoms with E-state index in [0.717, 1.165) is 61.4 Å². The summed E-state index contributed by atoms with van der Waals surface area (Å²) in [6.45, 7) is 10.8. The van der Waals surface area contributed by atoms with Gasteiger partial charge in [-0.2, -0.15) is 0 Å². The van der Waals surface area contributed by atoms with Gasteiger partial charge in [-0.3, -0.25) is 4.99 Å². The number of nitrogens with zero attached hydrogens (tertiary/aromatic N) is 3. The number of aliphatic imine (C=N–C) groups is 1. The fraction of sp³-hybridized carbons (Fsp3) is 0.500. The smallest absolute Gasteiger partial charge is 0.191 e. The van der Waals surface area contributed by atoms with E-state index in [1.54, 1.807) is 7.05 Å². The van der Waals surface area contributed by atoms with Crippen LogP contribution in [-0.4, -0.2) is 50.4 Å². The van der Waals surface area contributed by atoms with E-state index >= 15 is 0 Å². The van der Waals surface area contributed by atoms with Gasteiger partial charge in [-0.25, -0.2) is 4.98 Å². The highest BCUT2D eigenvalue weighted by Gasteiger charge is 2.17. The van der Waals surface area contributed by atoms with Crippen molar-refractivity contribution in [2.24, 2.45) is 4.99 Å². The number of nitrogens with one attached hydrogen (secondary N) is 2. The maximum absolute atomic E-state index is 5.91. The number of ether oxygens (including phenoxy) is 2. The summed E-state index contributed by atoms with van der Waals surface area (Å²) < 4.78 is 11.5. The Morgan fingerprint density at radius 2 is 2.06 bits per heavy atom. The van der Waals surface area contributed by atoms with Gasteiger partial charge in [0.1, 0.15) is 11.6 Å². The van der Waals surface area contributed by atoms with Gasteiger partial charge >= 0.3 is 0 Å². The average molecular weight is 553 g/mol. The predicted octanol–water partition coefficient (Wildman–Crippen LogP) is 3.89. The molecule has 1 aromatic heterocycles. The molecule has 0 bridgehead atoms. The second kappa shape index (κ2) is 13.5. The number of hydrogen-bond donors (Lipinski definition) is 2. The summed E-state index contributed by atoms with van der Waals surface area (Å²) in [6.07, 6.45) is 3.15. The second-order valence-electron chi connectivity index (χ2n) is 7.89. The fourth-order valence-electron chi connectivity index (χ4n) is 3.47. The average Bonchev–Trinajstić information content (AvgIpc) is 2.79. The van der Waals surface area contributed by atoms with Crippen molar-refractivity contribution in [3.8, 4) is 5.75 Å². The summed E-state index contributed by atoms with van der Waals surface area (Å²) >= 11 is 0. The van der Waals surface area contributed by atoms with Crippen molar-refractivity contribution in [2.45, 2.75) is 46.4 Å². The normalized spacial score (nSPS) is 16.3. The Morgan fingerprint density at radius 3 is 2.75 bits per heavy atom. The number of anilines is 1. The van der Waals surface area contributed by atoms with E-state index in [4.69, 9.17) is 9.47 Å². The molecule has 0 spiro atoms. The molecule has 176 valence electrons. The molecule has 7 nitrogen and oxygen atoms in total. The molecule has 2 heterocycles. The maximum atomic E-state index is 5.91. The zero-order valence-corrected chi connectivity index (χ0v) is 21.9. The minimum absolute atomic E-state index is 0. The third-order valence-corrected chi connectivity index (χ3v) is 5.19. The molecule has 3 rings (SSSR count). The molecule has 1 aliphatic rings. The van der Waals surface area contributed by atoms with Gasteiger partial charge in [0.05, 0.1) is 19.3 Å². The first kappa shape index (κ1) is 26.2. The first-order chi connectivity index (χ1) is 15.1. The topological polar surface area (TPSA) is 71.0 Å². The Kier molecular flexibility index (Phi) is 11.0. The molecule has 32 heavy (non-hydrogen) atoms. The van der Waals surface area contributed by atoms with E-state index in [1.165, 1.54) is 5.56 Å². The number of rotatable bonds is 8. The number of aryl methyl sites for hydroxylation is 1. The molecule has 2 aromatic rings. The largest absolute Gasteiger partial charge is 0.493 e. The van der Waals surface area contributed by atoms with Crippen LogP contribution in [0.2, 0.25) is 0 Å². The van der Waals surface area contributed by atoms with Crippen LogP contribution in [0, 0.1) is 6.92 Å².